The number of nitrogens with zero attached hydrogens (tertiary/aromatic N) is 1. The maximum Gasteiger partial charge on any atom is 0.0600 e. The highest BCUT2D eigenvalue weighted by atomic mass is 16.5. The molecule has 0 amide bonds. The number of rotatable bonds is 5. The van der Waals surface area contributed by atoms with Gasteiger partial charge in [0.15, 0.2) is 0 Å². The Morgan fingerprint density at radius 2 is 1.84 bits per heavy atom. The standard InChI is InChI=1S/C16H24N2O/c1-2-4-14(5-3-1)15-12-18(13-15)10-11-19-16-6-8-17-9-7-16/h1-5,15-17H,6-13H2. The van der Waals surface area contributed by atoms with E-state index < -0.39 is 0 Å². The summed E-state index contributed by atoms with van der Waals surface area (Å²) in [5, 5.41) is 3.37. The second kappa shape index (κ2) is 6.51. The summed E-state index contributed by atoms with van der Waals surface area (Å²) >= 11 is 0. The van der Waals surface area contributed by atoms with Gasteiger partial charge in [-0.05, 0) is 31.5 Å². The zero-order valence-electron chi connectivity index (χ0n) is 11.6. The third-order valence-electron chi connectivity index (χ3n) is 4.28. The number of nitrogens with one attached hydrogen (secondary N) is 1. The van der Waals surface area contributed by atoms with Crippen LogP contribution in [-0.2, 0) is 4.74 Å². The van der Waals surface area contributed by atoms with Crippen LogP contribution >= 0.6 is 0 Å². The number of benzene rings is 1. The van der Waals surface area contributed by atoms with Gasteiger partial charge in [0.2, 0.25) is 0 Å². The van der Waals surface area contributed by atoms with E-state index in [9.17, 15) is 0 Å². The average Bonchev–Trinajstić information content (AvgIpc) is 2.43. The van der Waals surface area contributed by atoms with Crippen molar-refractivity contribution in [1.29, 1.82) is 0 Å². The van der Waals surface area contributed by atoms with Crippen LogP contribution in [-0.4, -0.2) is 50.3 Å². The van der Waals surface area contributed by atoms with E-state index in [4.69, 9.17) is 4.74 Å². The van der Waals surface area contributed by atoms with Gasteiger partial charge in [0.05, 0.1) is 12.7 Å². The number of ether oxygens (including phenoxy) is 1. The van der Waals surface area contributed by atoms with Crippen LogP contribution in [0.25, 0.3) is 0 Å². The van der Waals surface area contributed by atoms with E-state index in [0.717, 1.165) is 32.2 Å². The SMILES string of the molecule is c1ccc(C2CN(CCOC3CCNCC3)C2)cc1. The van der Waals surface area contributed by atoms with Crippen molar-refractivity contribution in [2.75, 3.05) is 39.3 Å². The summed E-state index contributed by atoms with van der Waals surface area (Å²) in [6.45, 7) is 6.60. The molecule has 0 aromatic heterocycles. The minimum absolute atomic E-state index is 0.493. The molecule has 104 valence electrons. The molecule has 1 aromatic carbocycles. The molecule has 0 spiro atoms. The molecular formula is C16H24N2O. The number of likely N-dealkylation sites (tertiary alicyclic amines) is 1. The highest BCUT2D eigenvalue weighted by Crippen LogP contribution is 2.26. The maximum absolute atomic E-state index is 5.95. The highest BCUT2D eigenvalue weighted by Gasteiger charge is 2.27. The van der Waals surface area contributed by atoms with Gasteiger partial charge >= 0.3 is 0 Å². The van der Waals surface area contributed by atoms with Crippen molar-refractivity contribution in [2.24, 2.45) is 0 Å². The molecule has 3 rings (SSSR count). The summed E-state index contributed by atoms with van der Waals surface area (Å²) in [5.41, 5.74) is 1.48. The van der Waals surface area contributed by atoms with Crippen LogP contribution in [0.2, 0.25) is 0 Å². The lowest BCUT2D eigenvalue weighted by Gasteiger charge is -2.39. The lowest BCUT2D eigenvalue weighted by molar-refractivity contribution is 0.00768. The minimum Gasteiger partial charge on any atom is -0.377 e. The summed E-state index contributed by atoms with van der Waals surface area (Å²) in [5.74, 6) is 0.736. The zero-order chi connectivity index (χ0) is 12.9. The van der Waals surface area contributed by atoms with E-state index in [1.807, 2.05) is 0 Å². The van der Waals surface area contributed by atoms with Gasteiger partial charge in [0.25, 0.3) is 0 Å². The Hall–Kier alpha value is -0.900. The topological polar surface area (TPSA) is 24.5 Å². The first-order valence-electron chi connectivity index (χ1n) is 7.51. The molecule has 1 aromatic rings. The van der Waals surface area contributed by atoms with Gasteiger partial charge in [-0.1, -0.05) is 30.3 Å². The molecule has 0 bridgehead atoms. The van der Waals surface area contributed by atoms with Gasteiger partial charge in [-0.15, -0.1) is 0 Å². The zero-order valence-corrected chi connectivity index (χ0v) is 11.6. The fraction of sp³-hybridized carbons (Fsp3) is 0.625. The minimum atomic E-state index is 0.493. The van der Waals surface area contributed by atoms with Crippen LogP contribution in [0.4, 0.5) is 0 Å². The number of hydrogen-bond donors (Lipinski definition) is 1. The summed E-state index contributed by atoms with van der Waals surface area (Å²) in [7, 11) is 0. The second-order valence-corrected chi connectivity index (χ2v) is 5.69. The largest absolute Gasteiger partial charge is 0.377 e. The summed E-state index contributed by atoms with van der Waals surface area (Å²) < 4.78 is 5.95. The lowest BCUT2D eigenvalue weighted by atomic mass is 9.92. The molecule has 2 saturated heterocycles. The Labute approximate surface area is 115 Å². The van der Waals surface area contributed by atoms with Crippen molar-refractivity contribution < 1.29 is 4.74 Å². The predicted molar refractivity (Wildman–Crippen MR) is 77.5 cm³/mol. The van der Waals surface area contributed by atoms with Crippen molar-refractivity contribution in [3.8, 4) is 0 Å². The third kappa shape index (κ3) is 3.56. The van der Waals surface area contributed by atoms with Gasteiger partial charge in [-0.25, -0.2) is 0 Å². The highest BCUT2D eigenvalue weighted by molar-refractivity contribution is 5.22. The first-order valence-corrected chi connectivity index (χ1v) is 7.51. The smallest absolute Gasteiger partial charge is 0.0600 e. The molecule has 19 heavy (non-hydrogen) atoms. The molecule has 1 N–H and O–H groups in total. The van der Waals surface area contributed by atoms with Crippen LogP contribution in [0, 0.1) is 0 Å². The molecule has 2 aliphatic rings. The normalized spacial score (nSPS) is 22.3. The summed E-state index contributed by atoms with van der Waals surface area (Å²) in [6.07, 6.45) is 2.84. The van der Waals surface area contributed by atoms with Gasteiger partial charge < -0.3 is 10.1 Å². The average molecular weight is 260 g/mol. The molecule has 2 aliphatic heterocycles. The molecule has 0 aliphatic carbocycles. The summed E-state index contributed by atoms with van der Waals surface area (Å²) in [6, 6.07) is 10.9. The van der Waals surface area contributed by atoms with Gasteiger partial charge in [0, 0.05) is 25.6 Å². The van der Waals surface area contributed by atoms with Crippen LogP contribution in [0.1, 0.15) is 24.3 Å². The third-order valence-corrected chi connectivity index (χ3v) is 4.28. The van der Waals surface area contributed by atoms with Crippen molar-refractivity contribution in [1.82, 2.24) is 10.2 Å². The quantitative estimate of drug-likeness (QED) is 0.874. The van der Waals surface area contributed by atoms with E-state index in [1.54, 1.807) is 0 Å². The van der Waals surface area contributed by atoms with E-state index in [0.29, 0.717) is 6.10 Å². The van der Waals surface area contributed by atoms with E-state index in [-0.39, 0.29) is 0 Å². The Morgan fingerprint density at radius 1 is 1.11 bits per heavy atom. The van der Waals surface area contributed by atoms with Gasteiger partial charge in [-0.2, -0.15) is 0 Å². The van der Waals surface area contributed by atoms with Crippen LogP contribution in [0.15, 0.2) is 30.3 Å². The van der Waals surface area contributed by atoms with Gasteiger partial charge in [-0.3, -0.25) is 4.90 Å². The monoisotopic (exact) mass is 260 g/mol. The summed E-state index contributed by atoms with van der Waals surface area (Å²) in [4.78, 5) is 2.50. The first kappa shape index (κ1) is 13.1. The molecule has 0 saturated carbocycles. The Balaban J connectivity index is 1.31. The van der Waals surface area contributed by atoms with Crippen molar-refractivity contribution >= 4 is 0 Å². The first-order chi connectivity index (χ1) is 9.42. The second-order valence-electron chi connectivity index (χ2n) is 5.69. The predicted octanol–water partition coefficient (Wildman–Crippen LogP) is 1.85. The number of hydrogen-bond acceptors (Lipinski definition) is 3. The van der Waals surface area contributed by atoms with Crippen molar-refractivity contribution in [3.05, 3.63) is 35.9 Å². The molecular weight excluding hydrogens is 236 g/mol. The molecule has 0 unspecified atom stereocenters. The Morgan fingerprint density at radius 3 is 2.58 bits per heavy atom. The molecule has 3 heteroatoms. The molecule has 2 heterocycles. The fourth-order valence-corrected chi connectivity index (χ4v) is 3.00. The molecule has 0 atom stereocenters. The van der Waals surface area contributed by atoms with Crippen molar-refractivity contribution in [2.45, 2.75) is 24.9 Å². The van der Waals surface area contributed by atoms with Crippen molar-refractivity contribution in [3.63, 3.8) is 0 Å². The van der Waals surface area contributed by atoms with E-state index in [2.05, 4.69) is 40.5 Å². The van der Waals surface area contributed by atoms with Gasteiger partial charge in [0.1, 0.15) is 0 Å². The Kier molecular flexibility index (Phi) is 4.49. The van der Waals surface area contributed by atoms with Crippen LogP contribution in [0.5, 0.6) is 0 Å². The molecule has 0 radical (unpaired) electrons. The molecule has 2 fully saturated rings. The Bertz CT molecular complexity index is 370. The van der Waals surface area contributed by atoms with E-state index in [1.165, 1.54) is 31.5 Å². The van der Waals surface area contributed by atoms with Crippen LogP contribution in [0.3, 0.4) is 0 Å². The number of piperidine rings is 1. The van der Waals surface area contributed by atoms with E-state index >= 15 is 0 Å². The molecule has 3 nitrogen and oxygen atoms in total. The van der Waals surface area contributed by atoms with Crippen LogP contribution < -0.4 is 5.32 Å². The maximum atomic E-state index is 5.95. The lowest BCUT2D eigenvalue weighted by Crippen LogP contribution is -2.46. The fourth-order valence-electron chi connectivity index (χ4n) is 3.00.